The zero-order chi connectivity index (χ0) is 22.4. The Kier molecular flexibility index (Phi) is 8.16. The second-order valence-electron chi connectivity index (χ2n) is 6.53. The first-order chi connectivity index (χ1) is 14.1. The van der Waals surface area contributed by atoms with Crippen molar-refractivity contribution in [2.75, 3.05) is 0 Å². The van der Waals surface area contributed by atoms with Crippen LogP contribution in [0.1, 0.15) is 29.8 Å². The lowest BCUT2D eigenvalue weighted by molar-refractivity contribution is -0.384. The average molecular weight is 472 g/mol. The Labute approximate surface area is 187 Å². The van der Waals surface area contributed by atoms with Crippen LogP contribution in [0.3, 0.4) is 0 Å². The maximum absolute atomic E-state index is 12.5. The summed E-state index contributed by atoms with van der Waals surface area (Å²) >= 11 is 17.5. The number of nitro benzene ring substituents is 1. The van der Waals surface area contributed by atoms with Crippen molar-refractivity contribution in [1.29, 1.82) is 0 Å². The van der Waals surface area contributed by atoms with Gasteiger partial charge in [-0.15, -0.1) is 0 Å². The molecule has 2 N–H and O–H groups in total. The molecular weight excluding hydrogens is 455 g/mol. The van der Waals surface area contributed by atoms with Crippen molar-refractivity contribution < 1.29 is 14.5 Å². The highest BCUT2D eigenvalue weighted by molar-refractivity contribution is 6.42. The number of benzene rings is 2. The zero-order valence-electron chi connectivity index (χ0n) is 15.9. The third-order valence-corrected chi connectivity index (χ3v) is 5.03. The Morgan fingerprint density at radius 2 is 1.73 bits per heavy atom. The lowest BCUT2D eigenvalue weighted by Gasteiger charge is -2.20. The van der Waals surface area contributed by atoms with E-state index in [1.807, 2.05) is 0 Å². The maximum Gasteiger partial charge on any atom is 0.288 e. The Bertz CT molecular complexity index is 1010. The number of nitrogens with one attached hydrogen (secondary N) is 2. The molecule has 0 aromatic heterocycles. The molecule has 0 aliphatic rings. The van der Waals surface area contributed by atoms with Crippen LogP contribution in [0.2, 0.25) is 15.1 Å². The van der Waals surface area contributed by atoms with E-state index in [0.29, 0.717) is 10.6 Å². The molecule has 0 spiro atoms. The highest BCUT2D eigenvalue weighted by atomic mass is 35.5. The van der Waals surface area contributed by atoms with Gasteiger partial charge in [-0.25, -0.2) is 5.43 Å². The van der Waals surface area contributed by atoms with Crippen molar-refractivity contribution in [3.8, 4) is 0 Å². The molecule has 158 valence electrons. The molecule has 30 heavy (non-hydrogen) atoms. The largest absolute Gasteiger partial charge is 0.340 e. The van der Waals surface area contributed by atoms with Crippen molar-refractivity contribution in [1.82, 2.24) is 10.7 Å². The van der Waals surface area contributed by atoms with E-state index in [0.717, 1.165) is 0 Å². The average Bonchev–Trinajstić information content (AvgIpc) is 2.68. The molecule has 0 bridgehead atoms. The van der Waals surface area contributed by atoms with Crippen LogP contribution in [-0.2, 0) is 4.79 Å². The fourth-order valence-electron chi connectivity index (χ4n) is 2.39. The van der Waals surface area contributed by atoms with E-state index in [1.165, 1.54) is 42.6 Å². The van der Waals surface area contributed by atoms with E-state index in [9.17, 15) is 19.7 Å². The number of carbonyl (C=O) groups excluding carboxylic acids is 2. The van der Waals surface area contributed by atoms with Gasteiger partial charge in [0.25, 0.3) is 17.5 Å². The van der Waals surface area contributed by atoms with Gasteiger partial charge in [0.05, 0.1) is 21.2 Å². The van der Waals surface area contributed by atoms with Gasteiger partial charge in [0, 0.05) is 17.2 Å². The summed E-state index contributed by atoms with van der Waals surface area (Å²) in [7, 11) is 0. The fourth-order valence-corrected chi connectivity index (χ4v) is 2.87. The molecular formula is C19H17Cl3N4O4. The summed E-state index contributed by atoms with van der Waals surface area (Å²) < 4.78 is 0. The van der Waals surface area contributed by atoms with Gasteiger partial charge in [0.2, 0.25) is 0 Å². The molecule has 0 radical (unpaired) electrons. The third kappa shape index (κ3) is 6.16. The lowest BCUT2D eigenvalue weighted by atomic mass is 10.0. The molecule has 11 heteroatoms. The number of halogens is 3. The standard InChI is InChI=1S/C19H17Cl3N4O4/c1-10(2)17(24-18(27)12-4-6-13(20)15(22)8-12)19(28)25-23-9-11-3-5-14(21)16(7-11)26(29)30/h3-10,17H,1-2H3,(H,24,27)(H,25,28)/b23-9-. The summed E-state index contributed by atoms with van der Waals surface area (Å²) in [5.74, 6) is -1.30. The van der Waals surface area contributed by atoms with Crippen LogP contribution in [0.5, 0.6) is 0 Å². The number of carbonyl (C=O) groups is 2. The van der Waals surface area contributed by atoms with Gasteiger partial charge in [-0.2, -0.15) is 5.10 Å². The van der Waals surface area contributed by atoms with Crippen molar-refractivity contribution in [3.05, 3.63) is 72.7 Å². The summed E-state index contributed by atoms with van der Waals surface area (Å²) in [6, 6.07) is 7.59. The Morgan fingerprint density at radius 1 is 1.07 bits per heavy atom. The molecule has 2 amide bonds. The summed E-state index contributed by atoms with van der Waals surface area (Å²) in [4.78, 5) is 35.2. The van der Waals surface area contributed by atoms with Crippen LogP contribution in [0.4, 0.5) is 5.69 Å². The van der Waals surface area contributed by atoms with E-state index in [-0.39, 0.29) is 27.2 Å². The number of amides is 2. The molecule has 1 unspecified atom stereocenters. The summed E-state index contributed by atoms with van der Waals surface area (Å²) in [5.41, 5.74) is 2.66. The van der Waals surface area contributed by atoms with Crippen LogP contribution in [0.15, 0.2) is 41.5 Å². The van der Waals surface area contributed by atoms with Crippen molar-refractivity contribution >= 4 is 58.5 Å². The van der Waals surface area contributed by atoms with E-state index in [4.69, 9.17) is 34.8 Å². The Balaban J connectivity index is 2.07. The van der Waals surface area contributed by atoms with E-state index < -0.39 is 22.8 Å². The van der Waals surface area contributed by atoms with Crippen molar-refractivity contribution in [2.24, 2.45) is 11.0 Å². The van der Waals surface area contributed by atoms with Gasteiger partial charge < -0.3 is 5.32 Å². The van der Waals surface area contributed by atoms with Crippen LogP contribution in [0, 0.1) is 16.0 Å². The highest BCUT2D eigenvalue weighted by Gasteiger charge is 2.24. The third-order valence-electron chi connectivity index (χ3n) is 3.97. The van der Waals surface area contributed by atoms with E-state index in [1.54, 1.807) is 13.8 Å². The van der Waals surface area contributed by atoms with Crippen LogP contribution in [-0.4, -0.2) is 29.0 Å². The van der Waals surface area contributed by atoms with Gasteiger partial charge >= 0.3 is 0 Å². The summed E-state index contributed by atoms with van der Waals surface area (Å²) in [5, 5.41) is 17.9. The summed E-state index contributed by atoms with van der Waals surface area (Å²) in [6.45, 7) is 3.51. The molecule has 0 aliphatic carbocycles. The SMILES string of the molecule is CC(C)C(NC(=O)c1ccc(Cl)c(Cl)c1)C(=O)N/N=C\c1ccc(Cl)c([N+](=O)[O-])c1. The van der Waals surface area contributed by atoms with E-state index in [2.05, 4.69) is 15.8 Å². The number of hydrogen-bond acceptors (Lipinski definition) is 5. The zero-order valence-corrected chi connectivity index (χ0v) is 18.1. The number of rotatable bonds is 7. The van der Waals surface area contributed by atoms with Gasteiger partial charge in [-0.05, 0) is 30.2 Å². The first kappa shape index (κ1) is 23.6. The first-order valence-electron chi connectivity index (χ1n) is 8.63. The van der Waals surface area contributed by atoms with Crippen LogP contribution in [0.25, 0.3) is 0 Å². The topological polar surface area (TPSA) is 114 Å². The minimum absolute atomic E-state index is 0.00827. The number of hydrazone groups is 1. The smallest absolute Gasteiger partial charge is 0.288 e. The predicted octanol–water partition coefficient (Wildman–Crippen LogP) is 4.46. The van der Waals surface area contributed by atoms with Gasteiger partial charge in [-0.1, -0.05) is 54.7 Å². The molecule has 0 saturated heterocycles. The molecule has 2 rings (SSSR count). The molecule has 2 aromatic rings. The minimum Gasteiger partial charge on any atom is -0.340 e. The quantitative estimate of drug-likeness (QED) is 0.352. The second-order valence-corrected chi connectivity index (χ2v) is 7.75. The normalized spacial score (nSPS) is 12.1. The second kappa shape index (κ2) is 10.4. The molecule has 0 fully saturated rings. The van der Waals surface area contributed by atoms with Gasteiger partial charge in [-0.3, -0.25) is 19.7 Å². The molecule has 0 saturated carbocycles. The molecule has 1 atom stereocenters. The van der Waals surface area contributed by atoms with Crippen molar-refractivity contribution in [3.63, 3.8) is 0 Å². The predicted molar refractivity (Wildman–Crippen MR) is 116 cm³/mol. The molecule has 2 aromatic carbocycles. The Morgan fingerprint density at radius 3 is 2.33 bits per heavy atom. The molecule has 0 heterocycles. The summed E-state index contributed by atoms with van der Waals surface area (Å²) in [6.07, 6.45) is 1.24. The van der Waals surface area contributed by atoms with Crippen LogP contribution >= 0.6 is 34.8 Å². The molecule has 8 nitrogen and oxygen atoms in total. The fraction of sp³-hybridized carbons (Fsp3) is 0.211. The minimum atomic E-state index is -0.886. The van der Waals surface area contributed by atoms with Crippen LogP contribution < -0.4 is 10.7 Å². The van der Waals surface area contributed by atoms with Gasteiger partial charge in [0.15, 0.2) is 0 Å². The van der Waals surface area contributed by atoms with E-state index >= 15 is 0 Å². The first-order valence-corrected chi connectivity index (χ1v) is 9.76. The monoisotopic (exact) mass is 470 g/mol. The highest BCUT2D eigenvalue weighted by Crippen LogP contribution is 2.24. The van der Waals surface area contributed by atoms with Crippen molar-refractivity contribution in [2.45, 2.75) is 19.9 Å². The maximum atomic E-state index is 12.5. The Hall–Kier alpha value is -2.68. The number of nitrogens with zero attached hydrogens (tertiary/aromatic N) is 2. The number of hydrogen-bond donors (Lipinski definition) is 2. The van der Waals surface area contributed by atoms with Gasteiger partial charge in [0.1, 0.15) is 11.1 Å². The molecule has 0 aliphatic heterocycles. The number of nitro groups is 1. The lowest BCUT2D eigenvalue weighted by Crippen LogP contribution is -2.48.